The molecule has 1 aromatic rings. The number of carbonyl (C=O) groups is 1. The molecule has 0 radical (unpaired) electrons. The number of nitrogens with two attached hydrogens (primary N) is 1. The highest BCUT2D eigenvalue weighted by molar-refractivity contribution is 7.80. The van der Waals surface area contributed by atoms with Gasteiger partial charge in [0.15, 0.2) is 0 Å². The van der Waals surface area contributed by atoms with Gasteiger partial charge in [-0.3, -0.25) is 0 Å². The van der Waals surface area contributed by atoms with Crippen LogP contribution in [0.25, 0.3) is 0 Å². The molecule has 1 rings (SSSR count). The molecule has 0 fully saturated rings. The van der Waals surface area contributed by atoms with Crippen LogP contribution in [0.1, 0.15) is 11.1 Å². The molecular weight excluding hydrogens is 267 g/mol. The largest absolute Gasteiger partial charge is 0.416 e. The summed E-state index contributed by atoms with van der Waals surface area (Å²) in [5, 5.41) is 4.60. The molecule has 0 aliphatic carbocycles. The first-order valence-electron chi connectivity index (χ1n) is 4.75. The number of carbonyl (C=O) groups excluding carboxylic acids is 1. The van der Waals surface area contributed by atoms with Gasteiger partial charge in [0.2, 0.25) is 0 Å². The Morgan fingerprint density at radius 1 is 1.39 bits per heavy atom. The number of hydrogen-bond acceptors (Lipinski definition) is 2. The number of amides is 2. The van der Waals surface area contributed by atoms with Crippen LogP contribution >= 0.6 is 12.2 Å². The highest BCUT2D eigenvalue weighted by atomic mass is 32.1. The van der Waals surface area contributed by atoms with E-state index in [0.29, 0.717) is 0 Å². The lowest BCUT2D eigenvalue weighted by Gasteiger charge is -2.13. The highest BCUT2D eigenvalue weighted by Crippen LogP contribution is 2.31. The van der Waals surface area contributed by atoms with Crippen LogP contribution in [0.2, 0.25) is 0 Å². The second kappa shape index (κ2) is 5.21. The van der Waals surface area contributed by atoms with E-state index in [2.05, 4.69) is 22.9 Å². The van der Waals surface area contributed by atoms with Crippen LogP contribution in [0.3, 0.4) is 0 Å². The molecule has 4 N–H and O–H groups in total. The summed E-state index contributed by atoms with van der Waals surface area (Å²) in [5.74, 6) is 0. The van der Waals surface area contributed by atoms with Crippen LogP contribution in [0, 0.1) is 0 Å². The van der Waals surface area contributed by atoms with Gasteiger partial charge >= 0.3 is 12.2 Å². The van der Waals surface area contributed by atoms with E-state index < -0.39 is 17.8 Å². The Labute approximate surface area is 106 Å². The average Bonchev–Trinajstić information content (AvgIpc) is 2.27. The number of benzene rings is 1. The molecule has 0 unspecified atom stereocenters. The summed E-state index contributed by atoms with van der Waals surface area (Å²) in [4.78, 5) is 10.9. The van der Waals surface area contributed by atoms with Gasteiger partial charge in [0.1, 0.15) is 4.99 Å². The molecule has 8 heteroatoms. The summed E-state index contributed by atoms with van der Waals surface area (Å²) in [5.41, 5.74) is 4.54. The number of halogens is 3. The SMILES string of the molecule is CNC(=O)Nc1ccc(C(F)(F)F)cc1C(N)=S. The number of rotatable bonds is 2. The minimum Gasteiger partial charge on any atom is -0.389 e. The van der Waals surface area contributed by atoms with E-state index in [4.69, 9.17) is 5.73 Å². The molecule has 0 bridgehead atoms. The lowest BCUT2D eigenvalue weighted by Crippen LogP contribution is -2.26. The maximum Gasteiger partial charge on any atom is 0.416 e. The van der Waals surface area contributed by atoms with E-state index in [1.165, 1.54) is 7.05 Å². The molecule has 2 amide bonds. The van der Waals surface area contributed by atoms with Crippen LogP contribution < -0.4 is 16.4 Å². The predicted octanol–water partition coefficient (Wildman–Crippen LogP) is 2.09. The number of hydrogen-bond donors (Lipinski definition) is 3. The fourth-order valence-electron chi connectivity index (χ4n) is 1.22. The molecule has 0 aliphatic rings. The maximum absolute atomic E-state index is 12.5. The van der Waals surface area contributed by atoms with E-state index in [9.17, 15) is 18.0 Å². The smallest absolute Gasteiger partial charge is 0.389 e. The van der Waals surface area contributed by atoms with Gasteiger partial charge in [0.05, 0.1) is 11.3 Å². The Morgan fingerprint density at radius 3 is 2.44 bits per heavy atom. The summed E-state index contributed by atoms with van der Waals surface area (Å²) >= 11 is 4.66. The van der Waals surface area contributed by atoms with Gasteiger partial charge in [-0.25, -0.2) is 4.79 Å². The first kappa shape index (κ1) is 14.2. The van der Waals surface area contributed by atoms with Crippen molar-refractivity contribution in [1.29, 1.82) is 0 Å². The number of anilines is 1. The Hall–Kier alpha value is -1.83. The highest BCUT2D eigenvalue weighted by Gasteiger charge is 2.31. The molecule has 0 saturated heterocycles. The molecule has 98 valence electrons. The van der Waals surface area contributed by atoms with E-state index >= 15 is 0 Å². The summed E-state index contributed by atoms with van der Waals surface area (Å²) in [6.07, 6.45) is -4.49. The lowest BCUT2D eigenvalue weighted by atomic mass is 10.1. The van der Waals surface area contributed by atoms with Gasteiger partial charge in [-0.15, -0.1) is 0 Å². The molecule has 4 nitrogen and oxygen atoms in total. The van der Waals surface area contributed by atoms with Gasteiger partial charge < -0.3 is 16.4 Å². The van der Waals surface area contributed by atoms with Gasteiger partial charge in [-0.05, 0) is 18.2 Å². The van der Waals surface area contributed by atoms with Gasteiger partial charge in [0, 0.05) is 12.6 Å². The third-order valence-electron chi connectivity index (χ3n) is 2.09. The molecule has 0 spiro atoms. The van der Waals surface area contributed by atoms with Crippen LogP contribution in [-0.2, 0) is 6.18 Å². The normalized spacial score (nSPS) is 10.9. The van der Waals surface area contributed by atoms with Crippen molar-refractivity contribution < 1.29 is 18.0 Å². The summed E-state index contributed by atoms with van der Waals surface area (Å²) in [6.45, 7) is 0. The molecule has 1 aromatic carbocycles. The van der Waals surface area contributed by atoms with Crippen LogP contribution in [0.4, 0.5) is 23.7 Å². The van der Waals surface area contributed by atoms with Gasteiger partial charge in [0.25, 0.3) is 0 Å². The van der Waals surface area contributed by atoms with Crippen LogP contribution in [0.5, 0.6) is 0 Å². The van der Waals surface area contributed by atoms with Gasteiger partial charge in [-0.2, -0.15) is 13.2 Å². The van der Waals surface area contributed by atoms with Crippen molar-refractivity contribution in [3.05, 3.63) is 29.3 Å². The standard InChI is InChI=1S/C10H10F3N3OS/c1-15-9(17)16-7-3-2-5(10(11,12)13)4-6(7)8(14)18/h2-4H,1H3,(H2,14,18)(H2,15,16,17). The lowest BCUT2D eigenvalue weighted by molar-refractivity contribution is -0.137. The third kappa shape index (κ3) is 3.33. The molecule has 0 aromatic heterocycles. The first-order valence-corrected chi connectivity index (χ1v) is 5.16. The van der Waals surface area contributed by atoms with E-state index in [0.717, 1.165) is 18.2 Å². The zero-order valence-corrected chi connectivity index (χ0v) is 10.1. The molecule has 0 aliphatic heterocycles. The second-order valence-corrected chi connectivity index (χ2v) is 3.77. The van der Waals surface area contributed by atoms with Crippen molar-refractivity contribution >= 4 is 28.9 Å². The van der Waals surface area contributed by atoms with Crippen LogP contribution in [-0.4, -0.2) is 18.1 Å². The minimum atomic E-state index is -4.49. The van der Waals surface area contributed by atoms with Crippen LogP contribution in [0.15, 0.2) is 18.2 Å². The Kier molecular flexibility index (Phi) is 4.12. The quantitative estimate of drug-likeness (QED) is 0.725. The monoisotopic (exact) mass is 277 g/mol. The fourth-order valence-corrected chi connectivity index (χ4v) is 1.39. The minimum absolute atomic E-state index is 0.0385. The number of alkyl halides is 3. The Balaban J connectivity index is 3.21. The topological polar surface area (TPSA) is 67.2 Å². The predicted molar refractivity (Wildman–Crippen MR) is 65.4 cm³/mol. The third-order valence-corrected chi connectivity index (χ3v) is 2.31. The van der Waals surface area contributed by atoms with E-state index in [1.807, 2.05) is 0 Å². The van der Waals surface area contributed by atoms with Crippen molar-refractivity contribution in [2.24, 2.45) is 5.73 Å². The zero-order valence-electron chi connectivity index (χ0n) is 9.26. The Bertz CT molecular complexity index is 488. The summed E-state index contributed by atoms with van der Waals surface area (Å²) < 4.78 is 37.5. The summed E-state index contributed by atoms with van der Waals surface area (Å²) in [6, 6.07) is 2.17. The summed E-state index contributed by atoms with van der Waals surface area (Å²) in [7, 11) is 1.37. The number of urea groups is 1. The Morgan fingerprint density at radius 2 is 2.00 bits per heavy atom. The second-order valence-electron chi connectivity index (χ2n) is 3.33. The molecule has 0 atom stereocenters. The van der Waals surface area contributed by atoms with E-state index in [-0.39, 0.29) is 16.2 Å². The first-order chi connectivity index (χ1) is 8.25. The van der Waals surface area contributed by atoms with Crippen molar-refractivity contribution in [1.82, 2.24) is 5.32 Å². The molecule has 0 heterocycles. The number of nitrogens with one attached hydrogen (secondary N) is 2. The zero-order chi connectivity index (χ0) is 13.9. The molecule has 0 saturated carbocycles. The maximum atomic E-state index is 12.5. The van der Waals surface area contributed by atoms with E-state index in [1.54, 1.807) is 0 Å². The van der Waals surface area contributed by atoms with Crippen molar-refractivity contribution in [3.8, 4) is 0 Å². The fraction of sp³-hybridized carbons (Fsp3) is 0.200. The molecule has 18 heavy (non-hydrogen) atoms. The van der Waals surface area contributed by atoms with Crippen molar-refractivity contribution in [3.63, 3.8) is 0 Å². The number of thiocarbonyl (C=S) groups is 1. The average molecular weight is 277 g/mol. The van der Waals surface area contributed by atoms with Crippen molar-refractivity contribution in [2.75, 3.05) is 12.4 Å². The van der Waals surface area contributed by atoms with Gasteiger partial charge in [-0.1, -0.05) is 12.2 Å². The molecular formula is C10H10F3N3OS. The van der Waals surface area contributed by atoms with Crippen molar-refractivity contribution in [2.45, 2.75) is 6.18 Å².